The summed E-state index contributed by atoms with van der Waals surface area (Å²) < 4.78 is 1.69. The number of aromatic nitrogens is 4. The number of hydrogen-bond acceptors (Lipinski definition) is 6. The van der Waals surface area contributed by atoms with Crippen LogP contribution in [0.25, 0.3) is 16.7 Å². The van der Waals surface area contributed by atoms with Crippen molar-refractivity contribution in [2.75, 3.05) is 5.32 Å². The molecule has 0 atom stereocenters. The molecule has 1 aromatic carbocycles. The van der Waals surface area contributed by atoms with E-state index in [0.717, 1.165) is 22.5 Å². The lowest BCUT2D eigenvalue weighted by molar-refractivity contribution is -0.383. The number of non-ortho nitro benzene ring substituents is 1. The van der Waals surface area contributed by atoms with Crippen molar-refractivity contribution in [2.45, 2.75) is 13.5 Å². The maximum atomic E-state index is 11.3. The lowest BCUT2D eigenvalue weighted by Gasteiger charge is -2.11. The largest absolute Gasteiger partial charge is 0.380 e. The average Bonchev–Trinajstić information content (AvgIpc) is 3.20. The topological polar surface area (TPSA) is 98.8 Å². The molecule has 4 rings (SSSR count). The van der Waals surface area contributed by atoms with Crippen molar-refractivity contribution < 1.29 is 4.92 Å². The number of rotatable bonds is 5. The molecule has 0 radical (unpaired) electrons. The Kier molecular flexibility index (Phi) is 4.21. The fraction of sp³-hybridized carbons (Fsp3) is 0.105. The number of aryl methyl sites for hydroxylation is 1. The van der Waals surface area contributed by atoms with E-state index < -0.39 is 4.92 Å². The molecule has 8 heteroatoms. The Hall–Kier alpha value is -3.81. The molecule has 134 valence electrons. The summed E-state index contributed by atoms with van der Waals surface area (Å²) in [5, 5.41) is 19.6. The molecule has 4 aromatic rings. The smallest absolute Gasteiger partial charge is 0.295 e. The standard InChI is InChI=1S/C19H16N6O2/c1-13-10-16(15-4-2-5-17(25(26)27)19(15)23-13)21-12-14-6-8-20-18(11-14)24-9-3-7-22-24/h2-11H,12H2,1H3,(H,21,23). The van der Waals surface area contributed by atoms with E-state index in [4.69, 9.17) is 0 Å². The van der Waals surface area contributed by atoms with Crippen molar-refractivity contribution in [2.24, 2.45) is 0 Å². The number of hydrogen-bond donors (Lipinski definition) is 1. The lowest BCUT2D eigenvalue weighted by Crippen LogP contribution is -2.04. The molecule has 1 N–H and O–H groups in total. The Balaban J connectivity index is 1.66. The Morgan fingerprint density at radius 3 is 2.85 bits per heavy atom. The molecule has 0 spiro atoms. The number of anilines is 1. The normalized spacial score (nSPS) is 10.9. The number of nitro groups is 1. The molecule has 3 heterocycles. The van der Waals surface area contributed by atoms with Crippen LogP contribution >= 0.6 is 0 Å². The van der Waals surface area contributed by atoms with Gasteiger partial charge in [-0.3, -0.25) is 10.1 Å². The molecule has 3 aromatic heterocycles. The molecule has 0 unspecified atom stereocenters. The van der Waals surface area contributed by atoms with Crippen molar-refractivity contribution in [1.82, 2.24) is 19.7 Å². The number of benzene rings is 1. The summed E-state index contributed by atoms with van der Waals surface area (Å²) in [5.74, 6) is 0.728. The fourth-order valence-electron chi connectivity index (χ4n) is 2.95. The maximum absolute atomic E-state index is 11.3. The molecule has 0 aliphatic rings. The van der Waals surface area contributed by atoms with Gasteiger partial charge in [0.25, 0.3) is 5.69 Å². The second-order valence-corrected chi connectivity index (χ2v) is 6.07. The first kappa shape index (κ1) is 16.6. The van der Waals surface area contributed by atoms with Gasteiger partial charge < -0.3 is 5.32 Å². The zero-order valence-electron chi connectivity index (χ0n) is 14.5. The van der Waals surface area contributed by atoms with Gasteiger partial charge in [-0.25, -0.2) is 14.6 Å². The van der Waals surface area contributed by atoms with Crippen LogP contribution in [0.15, 0.2) is 61.1 Å². The first-order chi connectivity index (χ1) is 13.1. The molecular weight excluding hydrogens is 344 g/mol. The van der Waals surface area contributed by atoms with Crippen molar-refractivity contribution in [1.29, 1.82) is 0 Å². The van der Waals surface area contributed by atoms with Gasteiger partial charge in [0.15, 0.2) is 11.3 Å². The van der Waals surface area contributed by atoms with E-state index in [2.05, 4.69) is 20.4 Å². The highest BCUT2D eigenvalue weighted by molar-refractivity contribution is 5.96. The van der Waals surface area contributed by atoms with Crippen LogP contribution in [0, 0.1) is 17.0 Å². The van der Waals surface area contributed by atoms with Crippen LogP contribution in [-0.2, 0) is 6.54 Å². The molecule has 0 fully saturated rings. The summed E-state index contributed by atoms with van der Waals surface area (Å²) in [4.78, 5) is 19.6. The van der Waals surface area contributed by atoms with Crippen LogP contribution in [-0.4, -0.2) is 24.7 Å². The van der Waals surface area contributed by atoms with Crippen LogP contribution in [0.3, 0.4) is 0 Å². The van der Waals surface area contributed by atoms with Crippen molar-refractivity contribution in [3.63, 3.8) is 0 Å². The minimum Gasteiger partial charge on any atom is -0.380 e. The first-order valence-corrected chi connectivity index (χ1v) is 8.35. The summed E-state index contributed by atoms with van der Waals surface area (Å²) in [6, 6.07) is 12.6. The summed E-state index contributed by atoms with van der Waals surface area (Å²) in [6.45, 7) is 2.36. The number of fused-ring (bicyclic) bond motifs is 1. The minimum atomic E-state index is -0.405. The van der Waals surface area contributed by atoms with E-state index in [-0.39, 0.29) is 5.69 Å². The molecule has 8 nitrogen and oxygen atoms in total. The third-order valence-corrected chi connectivity index (χ3v) is 4.17. The predicted octanol–water partition coefficient (Wildman–Crippen LogP) is 3.64. The molecule has 0 amide bonds. The van der Waals surface area contributed by atoms with Crippen LogP contribution in [0.1, 0.15) is 11.3 Å². The van der Waals surface area contributed by atoms with E-state index in [9.17, 15) is 10.1 Å². The van der Waals surface area contributed by atoms with E-state index in [1.54, 1.807) is 23.1 Å². The monoisotopic (exact) mass is 360 g/mol. The number of nitrogens with one attached hydrogen (secondary N) is 1. The summed E-state index contributed by atoms with van der Waals surface area (Å²) in [7, 11) is 0. The molecule has 0 bridgehead atoms. The minimum absolute atomic E-state index is 0.00382. The second kappa shape index (κ2) is 6.83. The highest BCUT2D eigenvalue weighted by atomic mass is 16.6. The first-order valence-electron chi connectivity index (χ1n) is 8.35. The summed E-state index contributed by atoms with van der Waals surface area (Å²) in [5.41, 5.74) is 2.93. The Morgan fingerprint density at radius 2 is 2.07 bits per heavy atom. The SMILES string of the molecule is Cc1cc(NCc2ccnc(-n3cccn3)c2)c2cccc([N+](=O)[O-])c2n1. The van der Waals surface area contributed by atoms with E-state index in [0.29, 0.717) is 17.8 Å². The van der Waals surface area contributed by atoms with Gasteiger partial charge in [0.1, 0.15) is 0 Å². The van der Waals surface area contributed by atoms with Crippen LogP contribution in [0.4, 0.5) is 11.4 Å². The van der Waals surface area contributed by atoms with E-state index in [1.807, 2.05) is 43.5 Å². The molecule has 0 aliphatic heterocycles. The zero-order valence-corrected chi connectivity index (χ0v) is 14.5. The van der Waals surface area contributed by atoms with E-state index in [1.165, 1.54) is 6.07 Å². The van der Waals surface area contributed by atoms with Crippen molar-refractivity contribution in [3.8, 4) is 5.82 Å². The highest BCUT2D eigenvalue weighted by Gasteiger charge is 2.15. The fourth-order valence-corrected chi connectivity index (χ4v) is 2.95. The maximum Gasteiger partial charge on any atom is 0.295 e. The van der Waals surface area contributed by atoms with Gasteiger partial charge in [-0.1, -0.05) is 12.1 Å². The third kappa shape index (κ3) is 3.32. The van der Waals surface area contributed by atoms with Crippen molar-refractivity contribution >= 4 is 22.3 Å². The Bertz CT molecular complexity index is 1120. The van der Waals surface area contributed by atoms with Gasteiger partial charge >= 0.3 is 0 Å². The van der Waals surface area contributed by atoms with Crippen LogP contribution < -0.4 is 5.32 Å². The number of pyridine rings is 2. The van der Waals surface area contributed by atoms with Crippen LogP contribution in [0.5, 0.6) is 0 Å². The lowest BCUT2D eigenvalue weighted by atomic mass is 10.1. The van der Waals surface area contributed by atoms with E-state index >= 15 is 0 Å². The molecule has 0 saturated heterocycles. The van der Waals surface area contributed by atoms with Gasteiger partial charge in [0, 0.05) is 48.0 Å². The van der Waals surface area contributed by atoms with Gasteiger partial charge in [0.05, 0.1) is 4.92 Å². The van der Waals surface area contributed by atoms with Gasteiger partial charge in [-0.05, 0) is 36.8 Å². The second-order valence-electron chi connectivity index (χ2n) is 6.07. The predicted molar refractivity (Wildman–Crippen MR) is 102 cm³/mol. The van der Waals surface area contributed by atoms with Crippen molar-refractivity contribution in [3.05, 3.63) is 82.4 Å². The highest BCUT2D eigenvalue weighted by Crippen LogP contribution is 2.30. The van der Waals surface area contributed by atoms with Gasteiger partial charge in [-0.15, -0.1) is 0 Å². The van der Waals surface area contributed by atoms with Gasteiger partial charge in [0.2, 0.25) is 0 Å². The number of nitrogens with zero attached hydrogens (tertiary/aromatic N) is 5. The Labute approximate surface area is 154 Å². The molecule has 0 saturated carbocycles. The summed E-state index contributed by atoms with van der Waals surface area (Å²) >= 11 is 0. The zero-order chi connectivity index (χ0) is 18.8. The van der Waals surface area contributed by atoms with Gasteiger partial charge in [-0.2, -0.15) is 5.10 Å². The quantitative estimate of drug-likeness (QED) is 0.431. The Morgan fingerprint density at radius 1 is 1.19 bits per heavy atom. The number of nitro benzene ring substituents is 1. The molecular formula is C19H16N6O2. The summed E-state index contributed by atoms with van der Waals surface area (Å²) in [6.07, 6.45) is 5.26. The molecule has 27 heavy (non-hydrogen) atoms. The third-order valence-electron chi connectivity index (χ3n) is 4.17. The number of para-hydroxylation sites is 1. The average molecular weight is 360 g/mol. The van der Waals surface area contributed by atoms with Crippen LogP contribution in [0.2, 0.25) is 0 Å². The molecule has 0 aliphatic carbocycles.